The van der Waals surface area contributed by atoms with Gasteiger partial charge in [-0.2, -0.15) is 0 Å². The number of nitrogen functional groups attached to an aromatic ring is 1. The van der Waals surface area contributed by atoms with Crippen LogP contribution in [0.3, 0.4) is 0 Å². The zero-order valence-corrected chi connectivity index (χ0v) is 11.0. The lowest BCUT2D eigenvalue weighted by Gasteiger charge is -2.11. The summed E-state index contributed by atoms with van der Waals surface area (Å²) in [4.78, 5) is 12.2. The second kappa shape index (κ2) is 6.06. The quantitative estimate of drug-likeness (QED) is 0.842. The molecule has 0 aliphatic rings. The molecule has 20 heavy (non-hydrogen) atoms. The molecule has 0 atom stereocenters. The van der Waals surface area contributed by atoms with E-state index in [-0.39, 0.29) is 5.69 Å². The topological polar surface area (TPSA) is 64.3 Å². The molecule has 4 nitrogen and oxygen atoms in total. The molecule has 1 amide bonds. The van der Waals surface area contributed by atoms with E-state index < -0.39 is 11.7 Å². The second-order valence-electron chi connectivity index (χ2n) is 4.11. The predicted molar refractivity (Wildman–Crippen MR) is 76.4 cm³/mol. The first-order chi connectivity index (χ1) is 9.61. The first kappa shape index (κ1) is 13.9. The third-order valence-electron chi connectivity index (χ3n) is 2.70. The van der Waals surface area contributed by atoms with Crippen molar-refractivity contribution in [1.29, 1.82) is 0 Å². The monoisotopic (exact) mass is 274 g/mol. The molecular formula is C15H15FN2O2. The fourth-order valence-electron chi connectivity index (χ4n) is 1.76. The number of hydrogen-bond donors (Lipinski definition) is 2. The summed E-state index contributed by atoms with van der Waals surface area (Å²) < 4.78 is 18.6. The highest BCUT2D eigenvalue weighted by Crippen LogP contribution is 2.23. The van der Waals surface area contributed by atoms with Gasteiger partial charge in [-0.3, -0.25) is 4.79 Å². The van der Waals surface area contributed by atoms with Gasteiger partial charge < -0.3 is 15.8 Å². The molecule has 0 saturated carbocycles. The van der Waals surface area contributed by atoms with Gasteiger partial charge in [0.25, 0.3) is 5.91 Å². The highest BCUT2D eigenvalue weighted by molar-refractivity contribution is 6.07. The van der Waals surface area contributed by atoms with Crippen molar-refractivity contribution in [1.82, 2.24) is 0 Å². The molecule has 0 saturated heterocycles. The Balaban J connectivity index is 2.26. The van der Waals surface area contributed by atoms with Crippen LogP contribution in [0.4, 0.5) is 15.8 Å². The summed E-state index contributed by atoms with van der Waals surface area (Å²) in [5.74, 6) is -0.388. The Morgan fingerprint density at radius 2 is 2.05 bits per heavy atom. The average Bonchev–Trinajstić information content (AvgIpc) is 2.44. The second-order valence-corrected chi connectivity index (χ2v) is 4.11. The average molecular weight is 274 g/mol. The zero-order valence-electron chi connectivity index (χ0n) is 11.0. The van der Waals surface area contributed by atoms with Crippen molar-refractivity contribution in [2.75, 3.05) is 17.7 Å². The summed E-state index contributed by atoms with van der Waals surface area (Å²) in [6.45, 7) is 2.28. The number of benzene rings is 2. The molecule has 2 aromatic rings. The van der Waals surface area contributed by atoms with Crippen LogP contribution >= 0.6 is 0 Å². The van der Waals surface area contributed by atoms with Gasteiger partial charge in [-0.15, -0.1) is 0 Å². The van der Waals surface area contributed by atoms with E-state index >= 15 is 0 Å². The van der Waals surface area contributed by atoms with E-state index in [4.69, 9.17) is 10.5 Å². The molecule has 0 fully saturated rings. The molecule has 104 valence electrons. The minimum absolute atomic E-state index is 0.237. The molecule has 0 unspecified atom stereocenters. The summed E-state index contributed by atoms with van der Waals surface area (Å²) >= 11 is 0. The molecule has 2 rings (SSSR count). The van der Waals surface area contributed by atoms with Crippen LogP contribution in [-0.4, -0.2) is 12.5 Å². The lowest BCUT2D eigenvalue weighted by Crippen LogP contribution is -2.14. The number of rotatable bonds is 4. The molecular weight excluding hydrogens is 259 g/mol. The first-order valence-electron chi connectivity index (χ1n) is 6.20. The molecule has 0 radical (unpaired) electrons. The van der Waals surface area contributed by atoms with E-state index in [2.05, 4.69) is 5.32 Å². The molecule has 0 heterocycles. The van der Waals surface area contributed by atoms with Gasteiger partial charge in [0.05, 0.1) is 23.5 Å². The van der Waals surface area contributed by atoms with E-state index in [1.807, 2.05) is 6.92 Å². The molecule has 0 aromatic heterocycles. The number of carbonyl (C=O) groups excluding carboxylic acids is 1. The fraction of sp³-hybridized carbons (Fsp3) is 0.133. The van der Waals surface area contributed by atoms with Gasteiger partial charge in [-0.05, 0) is 37.3 Å². The standard InChI is InChI=1S/C15H15FN2O2/c1-2-20-14-6-4-3-5-11(14)15(19)18-13-9-10(16)7-8-12(13)17/h3-9H,2,17H2,1H3,(H,18,19). The van der Waals surface area contributed by atoms with Crippen molar-refractivity contribution in [2.24, 2.45) is 0 Å². The third-order valence-corrected chi connectivity index (χ3v) is 2.70. The molecule has 3 N–H and O–H groups in total. The van der Waals surface area contributed by atoms with Gasteiger partial charge in [0.1, 0.15) is 11.6 Å². The normalized spacial score (nSPS) is 10.1. The smallest absolute Gasteiger partial charge is 0.259 e. The van der Waals surface area contributed by atoms with E-state index in [0.717, 1.165) is 0 Å². The third kappa shape index (κ3) is 3.06. The summed E-state index contributed by atoms with van der Waals surface area (Å²) in [5.41, 5.74) is 6.61. The molecule has 0 bridgehead atoms. The van der Waals surface area contributed by atoms with Crippen molar-refractivity contribution in [3.8, 4) is 5.75 Å². The van der Waals surface area contributed by atoms with Gasteiger partial charge in [0, 0.05) is 0 Å². The lowest BCUT2D eigenvalue weighted by atomic mass is 10.1. The van der Waals surface area contributed by atoms with E-state index in [0.29, 0.717) is 23.6 Å². The number of amides is 1. The van der Waals surface area contributed by atoms with Crippen molar-refractivity contribution in [2.45, 2.75) is 6.92 Å². The number of ether oxygens (including phenoxy) is 1. The Morgan fingerprint density at radius 3 is 2.80 bits per heavy atom. The van der Waals surface area contributed by atoms with E-state index in [9.17, 15) is 9.18 Å². The summed E-state index contributed by atoms with van der Waals surface area (Å²) in [7, 11) is 0. The fourth-order valence-corrected chi connectivity index (χ4v) is 1.76. The Hall–Kier alpha value is -2.56. The van der Waals surface area contributed by atoms with Crippen LogP contribution in [0.5, 0.6) is 5.75 Å². The molecule has 0 spiro atoms. The molecule has 2 aromatic carbocycles. The van der Waals surface area contributed by atoms with Crippen LogP contribution in [0, 0.1) is 5.82 Å². The van der Waals surface area contributed by atoms with Crippen molar-refractivity contribution in [3.63, 3.8) is 0 Å². The maximum absolute atomic E-state index is 13.2. The number of halogens is 1. The van der Waals surface area contributed by atoms with Crippen LogP contribution in [0.15, 0.2) is 42.5 Å². The summed E-state index contributed by atoms with van der Waals surface area (Å²) in [6, 6.07) is 10.7. The van der Waals surface area contributed by atoms with Gasteiger partial charge >= 0.3 is 0 Å². The van der Waals surface area contributed by atoms with Crippen molar-refractivity contribution >= 4 is 17.3 Å². The van der Waals surface area contributed by atoms with Crippen molar-refractivity contribution < 1.29 is 13.9 Å². The number of nitrogens with two attached hydrogens (primary N) is 1. The molecule has 0 aliphatic heterocycles. The molecule has 0 aliphatic carbocycles. The van der Waals surface area contributed by atoms with Crippen LogP contribution in [0.2, 0.25) is 0 Å². The van der Waals surface area contributed by atoms with Gasteiger partial charge in [-0.1, -0.05) is 12.1 Å². The summed E-state index contributed by atoms with van der Waals surface area (Å²) in [6.07, 6.45) is 0. The maximum Gasteiger partial charge on any atom is 0.259 e. The van der Waals surface area contributed by atoms with Crippen LogP contribution in [-0.2, 0) is 0 Å². The maximum atomic E-state index is 13.2. The van der Waals surface area contributed by atoms with Gasteiger partial charge in [0.15, 0.2) is 0 Å². The predicted octanol–water partition coefficient (Wildman–Crippen LogP) is 3.06. The highest BCUT2D eigenvalue weighted by atomic mass is 19.1. The SMILES string of the molecule is CCOc1ccccc1C(=O)Nc1cc(F)ccc1N. The Bertz CT molecular complexity index is 629. The Kier molecular flexibility index (Phi) is 4.20. The number of hydrogen-bond acceptors (Lipinski definition) is 3. The summed E-state index contributed by atoms with van der Waals surface area (Å²) in [5, 5.41) is 2.58. The van der Waals surface area contributed by atoms with E-state index in [1.165, 1.54) is 18.2 Å². The minimum atomic E-state index is -0.465. The van der Waals surface area contributed by atoms with Gasteiger partial charge in [-0.25, -0.2) is 4.39 Å². The first-order valence-corrected chi connectivity index (χ1v) is 6.20. The number of para-hydroxylation sites is 1. The Morgan fingerprint density at radius 1 is 1.30 bits per heavy atom. The van der Waals surface area contributed by atoms with Gasteiger partial charge in [0.2, 0.25) is 0 Å². The number of nitrogens with one attached hydrogen (secondary N) is 1. The molecule has 5 heteroatoms. The highest BCUT2D eigenvalue weighted by Gasteiger charge is 2.13. The van der Waals surface area contributed by atoms with Crippen LogP contribution in [0.25, 0.3) is 0 Å². The number of anilines is 2. The minimum Gasteiger partial charge on any atom is -0.493 e. The Labute approximate surface area is 116 Å². The number of carbonyl (C=O) groups is 1. The largest absolute Gasteiger partial charge is 0.493 e. The van der Waals surface area contributed by atoms with Crippen molar-refractivity contribution in [3.05, 3.63) is 53.8 Å². The van der Waals surface area contributed by atoms with Crippen LogP contribution < -0.4 is 15.8 Å². The van der Waals surface area contributed by atoms with Crippen LogP contribution in [0.1, 0.15) is 17.3 Å². The zero-order chi connectivity index (χ0) is 14.5. The van der Waals surface area contributed by atoms with E-state index in [1.54, 1.807) is 24.3 Å². The lowest BCUT2D eigenvalue weighted by molar-refractivity contribution is 0.102.